The van der Waals surface area contributed by atoms with Gasteiger partial charge in [0.1, 0.15) is 11.3 Å². The molecule has 28 heavy (non-hydrogen) atoms. The fourth-order valence-electron chi connectivity index (χ4n) is 3.50. The smallest absolute Gasteiger partial charge is 0.223 e. The lowest BCUT2D eigenvalue weighted by Gasteiger charge is -2.25. The molecular formula is C20H20ClN5OS. The van der Waals surface area contributed by atoms with Crippen LogP contribution in [0.4, 0.5) is 10.9 Å². The zero-order chi connectivity index (χ0) is 19.3. The number of rotatable bonds is 6. The molecule has 0 radical (unpaired) electrons. The molecule has 1 N–H and O–H groups in total. The second-order valence-electron chi connectivity index (χ2n) is 6.69. The maximum absolute atomic E-state index is 12.9. The number of benzene rings is 1. The molecule has 3 heterocycles. The number of nitrogens with one attached hydrogen (secondary N) is 1. The van der Waals surface area contributed by atoms with E-state index in [1.54, 1.807) is 5.51 Å². The van der Waals surface area contributed by atoms with Crippen LogP contribution in [0.25, 0.3) is 0 Å². The van der Waals surface area contributed by atoms with Gasteiger partial charge in [0.15, 0.2) is 0 Å². The maximum Gasteiger partial charge on any atom is 0.223 e. The lowest BCUT2D eigenvalue weighted by Crippen LogP contribution is -2.31. The predicted molar refractivity (Wildman–Crippen MR) is 111 cm³/mol. The van der Waals surface area contributed by atoms with Gasteiger partial charge < -0.3 is 10.2 Å². The Morgan fingerprint density at radius 3 is 3.00 bits per heavy atom. The molecule has 1 amide bonds. The van der Waals surface area contributed by atoms with Crippen molar-refractivity contribution in [1.29, 1.82) is 0 Å². The van der Waals surface area contributed by atoms with Crippen LogP contribution >= 0.6 is 22.9 Å². The quantitative estimate of drug-likeness (QED) is 0.638. The number of carbonyl (C=O) groups is 1. The molecule has 1 atom stereocenters. The minimum absolute atomic E-state index is 0.0167. The first-order chi connectivity index (χ1) is 13.7. The second kappa shape index (κ2) is 8.67. The highest BCUT2D eigenvalue weighted by Gasteiger charge is 2.30. The zero-order valence-electron chi connectivity index (χ0n) is 15.2. The summed E-state index contributed by atoms with van der Waals surface area (Å²) in [7, 11) is 0. The van der Waals surface area contributed by atoms with Crippen LogP contribution in [-0.4, -0.2) is 32.5 Å². The topological polar surface area (TPSA) is 71.0 Å². The van der Waals surface area contributed by atoms with Crippen molar-refractivity contribution in [2.24, 2.45) is 0 Å². The third kappa shape index (κ3) is 4.48. The Kier molecular flexibility index (Phi) is 5.83. The molecule has 4 rings (SSSR count). The summed E-state index contributed by atoms with van der Waals surface area (Å²) in [6.45, 7) is 0.773. The summed E-state index contributed by atoms with van der Waals surface area (Å²) in [6, 6.07) is 13.5. The van der Waals surface area contributed by atoms with E-state index in [0.29, 0.717) is 28.8 Å². The third-order valence-corrected chi connectivity index (χ3v) is 5.64. The first-order valence-electron chi connectivity index (χ1n) is 9.23. The van der Waals surface area contributed by atoms with Gasteiger partial charge in [0.2, 0.25) is 11.0 Å². The maximum atomic E-state index is 12.9. The van der Waals surface area contributed by atoms with E-state index in [9.17, 15) is 4.79 Å². The normalized spacial score (nSPS) is 16.3. The van der Waals surface area contributed by atoms with Crippen LogP contribution in [0.5, 0.6) is 0 Å². The van der Waals surface area contributed by atoms with E-state index < -0.39 is 0 Å². The molecule has 0 aliphatic carbocycles. The van der Waals surface area contributed by atoms with Gasteiger partial charge >= 0.3 is 0 Å². The van der Waals surface area contributed by atoms with Gasteiger partial charge in [0, 0.05) is 18.0 Å². The van der Waals surface area contributed by atoms with Crippen LogP contribution in [0.2, 0.25) is 5.02 Å². The molecule has 8 heteroatoms. The van der Waals surface area contributed by atoms with E-state index in [0.717, 1.165) is 30.6 Å². The number of anilines is 2. The van der Waals surface area contributed by atoms with Gasteiger partial charge in [-0.25, -0.2) is 4.98 Å². The van der Waals surface area contributed by atoms with E-state index >= 15 is 0 Å². The van der Waals surface area contributed by atoms with Crippen LogP contribution in [-0.2, 0) is 11.2 Å². The molecule has 6 nitrogen and oxygen atoms in total. The number of hydrogen-bond acceptors (Lipinski definition) is 6. The molecule has 3 aromatic rings. The monoisotopic (exact) mass is 413 g/mol. The van der Waals surface area contributed by atoms with Crippen LogP contribution < -0.4 is 5.32 Å². The van der Waals surface area contributed by atoms with Crippen molar-refractivity contribution >= 4 is 39.8 Å². The Morgan fingerprint density at radius 1 is 1.29 bits per heavy atom. The van der Waals surface area contributed by atoms with Gasteiger partial charge in [-0.3, -0.25) is 4.79 Å². The summed E-state index contributed by atoms with van der Waals surface area (Å²) in [5, 5.41) is 12.4. The van der Waals surface area contributed by atoms with Gasteiger partial charge in [-0.05, 0) is 49.1 Å². The number of nitrogens with zero attached hydrogens (tertiary/aromatic N) is 4. The number of pyridine rings is 1. The molecule has 1 aliphatic rings. The Labute approximate surface area is 172 Å². The number of hydrogen-bond donors (Lipinski definition) is 1. The number of amides is 1. The van der Waals surface area contributed by atoms with Crippen LogP contribution in [0.15, 0.2) is 48.0 Å². The van der Waals surface area contributed by atoms with E-state index in [1.807, 2.05) is 47.4 Å². The fourth-order valence-corrected chi connectivity index (χ4v) is 4.17. The molecule has 0 bridgehead atoms. The number of halogens is 1. The first kappa shape index (κ1) is 18.8. The highest BCUT2D eigenvalue weighted by molar-refractivity contribution is 7.13. The number of carbonyl (C=O) groups excluding carboxylic acids is 1. The lowest BCUT2D eigenvalue weighted by molar-refractivity contribution is -0.132. The van der Waals surface area contributed by atoms with Crippen molar-refractivity contribution in [3.63, 3.8) is 0 Å². The molecule has 0 unspecified atom stereocenters. The molecule has 0 spiro atoms. The van der Waals surface area contributed by atoms with Crippen molar-refractivity contribution < 1.29 is 4.79 Å². The summed E-state index contributed by atoms with van der Waals surface area (Å²) < 4.78 is 0. The van der Waals surface area contributed by atoms with Gasteiger partial charge in [0.05, 0.1) is 11.7 Å². The molecule has 0 saturated carbocycles. The molecule has 1 aromatic carbocycles. The van der Waals surface area contributed by atoms with Crippen LogP contribution in [0.1, 0.15) is 36.6 Å². The zero-order valence-corrected chi connectivity index (χ0v) is 16.8. The van der Waals surface area contributed by atoms with Crippen molar-refractivity contribution in [3.05, 3.63) is 64.3 Å². The molecule has 144 valence electrons. The molecule has 1 fully saturated rings. The number of aromatic nitrogens is 3. The average Bonchev–Trinajstić information content (AvgIpc) is 3.38. The lowest BCUT2D eigenvalue weighted by atomic mass is 10.1. The van der Waals surface area contributed by atoms with Crippen molar-refractivity contribution in [1.82, 2.24) is 20.1 Å². The second-order valence-corrected chi connectivity index (χ2v) is 7.96. The molecule has 1 saturated heterocycles. The minimum Gasteiger partial charge on any atom is -0.334 e. The number of likely N-dealkylation sites (tertiary alicyclic amines) is 1. The summed E-state index contributed by atoms with van der Waals surface area (Å²) >= 11 is 7.46. The Balaban J connectivity index is 1.43. The minimum atomic E-state index is 0.0167. The van der Waals surface area contributed by atoms with Gasteiger partial charge in [-0.1, -0.05) is 41.1 Å². The summed E-state index contributed by atoms with van der Waals surface area (Å²) in [4.78, 5) is 19.5. The van der Waals surface area contributed by atoms with E-state index in [1.165, 1.54) is 11.3 Å². The summed E-state index contributed by atoms with van der Waals surface area (Å²) in [6.07, 6.45) is 3.08. The fraction of sp³-hybridized carbons (Fsp3) is 0.300. The number of aryl methyl sites for hydroxylation is 1. The van der Waals surface area contributed by atoms with Crippen molar-refractivity contribution in [2.45, 2.75) is 31.7 Å². The summed E-state index contributed by atoms with van der Waals surface area (Å²) in [5.74, 6) is 0.874. The van der Waals surface area contributed by atoms with Crippen LogP contribution in [0.3, 0.4) is 0 Å². The largest absolute Gasteiger partial charge is 0.334 e. The SMILES string of the molecule is O=C(CCc1cccc(Cl)c1)N1CCC[C@@H]1c1cccc(Nc2nncs2)n1. The van der Waals surface area contributed by atoms with E-state index in [4.69, 9.17) is 16.6 Å². The molecule has 2 aromatic heterocycles. The van der Waals surface area contributed by atoms with Gasteiger partial charge in [0.25, 0.3) is 0 Å². The van der Waals surface area contributed by atoms with E-state index in [2.05, 4.69) is 15.5 Å². The van der Waals surface area contributed by atoms with Crippen molar-refractivity contribution in [2.75, 3.05) is 11.9 Å². The highest BCUT2D eigenvalue weighted by Crippen LogP contribution is 2.32. The average molecular weight is 414 g/mol. The Bertz CT molecular complexity index is 949. The standard InChI is InChI=1S/C20H20ClN5OS/c21-15-5-1-4-14(12-15)9-10-19(27)26-11-3-7-17(26)16-6-2-8-18(23-16)24-20-25-22-13-28-20/h1-2,4-6,8,12-13,17H,3,7,9-11H2,(H,23,24,25)/t17-/m1/s1. The highest BCUT2D eigenvalue weighted by atomic mass is 35.5. The van der Waals surface area contributed by atoms with E-state index in [-0.39, 0.29) is 11.9 Å². The van der Waals surface area contributed by atoms with Gasteiger partial charge in [-0.2, -0.15) is 0 Å². The Hall–Kier alpha value is -2.51. The summed E-state index contributed by atoms with van der Waals surface area (Å²) in [5.41, 5.74) is 3.66. The third-order valence-electron chi connectivity index (χ3n) is 4.80. The van der Waals surface area contributed by atoms with Crippen LogP contribution in [0, 0.1) is 0 Å². The first-order valence-corrected chi connectivity index (χ1v) is 10.5. The Morgan fingerprint density at radius 2 is 2.18 bits per heavy atom. The predicted octanol–water partition coefficient (Wildman–Crippen LogP) is 4.63. The molecule has 1 aliphatic heterocycles. The molecular weight excluding hydrogens is 394 g/mol. The van der Waals surface area contributed by atoms with Crippen molar-refractivity contribution in [3.8, 4) is 0 Å². The van der Waals surface area contributed by atoms with Gasteiger partial charge in [-0.15, -0.1) is 10.2 Å².